The number of carbonyl (C=O) groups excluding carboxylic acids is 1. The summed E-state index contributed by atoms with van der Waals surface area (Å²) in [6.45, 7) is 0.536. The predicted octanol–water partition coefficient (Wildman–Crippen LogP) is 0.537. The molecule has 2 heterocycles. The average Bonchev–Trinajstić information content (AvgIpc) is 2.50. The van der Waals surface area contributed by atoms with Crippen LogP contribution in [0.25, 0.3) is 0 Å². The van der Waals surface area contributed by atoms with Crippen LogP contribution in [0.2, 0.25) is 0 Å². The lowest BCUT2D eigenvalue weighted by atomic mass is 9.96. The molecule has 1 aliphatic rings. The van der Waals surface area contributed by atoms with E-state index in [9.17, 15) is 4.79 Å². The summed E-state index contributed by atoms with van der Waals surface area (Å²) >= 11 is 0. The molecule has 0 aliphatic carbocycles. The molecule has 0 bridgehead atoms. The fourth-order valence-corrected chi connectivity index (χ4v) is 1.73. The van der Waals surface area contributed by atoms with Crippen LogP contribution in [0.15, 0.2) is 18.3 Å². The lowest BCUT2D eigenvalue weighted by Crippen LogP contribution is -2.24. The molecule has 1 aromatic heterocycles. The summed E-state index contributed by atoms with van der Waals surface area (Å²) in [5.74, 6) is 0.221. The molecule has 1 unspecified atom stereocenters. The third-order valence-electron chi connectivity index (χ3n) is 2.32. The summed E-state index contributed by atoms with van der Waals surface area (Å²) in [5.41, 5.74) is 1.08. The summed E-state index contributed by atoms with van der Waals surface area (Å²) in [4.78, 5) is 11.2. The van der Waals surface area contributed by atoms with Gasteiger partial charge in [0, 0.05) is 24.2 Å². The number of ketones is 1. The Morgan fingerprint density at radius 2 is 2.50 bits per heavy atom. The smallest absolute Gasteiger partial charge is 0.153 e. The molecule has 0 radical (unpaired) electrons. The van der Waals surface area contributed by atoms with Crippen molar-refractivity contribution < 1.29 is 9.90 Å². The molecule has 1 aromatic rings. The van der Waals surface area contributed by atoms with Crippen molar-refractivity contribution in [1.29, 1.82) is 0 Å². The van der Waals surface area contributed by atoms with Crippen molar-refractivity contribution in [3.63, 3.8) is 0 Å². The number of hydrogen-bond acceptors (Lipinski definition) is 2. The van der Waals surface area contributed by atoms with E-state index in [1.807, 2.05) is 22.9 Å². The largest absolute Gasteiger partial charge is 0.396 e. The first-order chi connectivity index (χ1) is 5.81. The van der Waals surface area contributed by atoms with E-state index in [4.69, 9.17) is 5.11 Å². The monoisotopic (exact) mass is 165 g/mol. The van der Waals surface area contributed by atoms with Crippen molar-refractivity contribution in [2.75, 3.05) is 6.61 Å². The molecular weight excluding hydrogens is 154 g/mol. The molecule has 0 spiro atoms. The van der Waals surface area contributed by atoms with Crippen LogP contribution in [0.3, 0.4) is 0 Å². The normalized spacial score (nSPS) is 22.4. The van der Waals surface area contributed by atoms with E-state index in [1.54, 1.807) is 0 Å². The topological polar surface area (TPSA) is 42.2 Å². The number of rotatable bonds is 1. The number of aliphatic hydroxyl groups excluding tert-OH is 1. The minimum Gasteiger partial charge on any atom is -0.396 e. The minimum absolute atomic E-state index is 0.0150. The molecular formula is C9H11NO2. The van der Waals surface area contributed by atoms with E-state index in [-0.39, 0.29) is 18.3 Å². The maximum absolute atomic E-state index is 11.2. The van der Waals surface area contributed by atoms with Gasteiger partial charge in [-0.2, -0.15) is 0 Å². The van der Waals surface area contributed by atoms with Gasteiger partial charge in [0.05, 0.1) is 13.2 Å². The number of aromatic nitrogens is 1. The van der Waals surface area contributed by atoms with Gasteiger partial charge in [-0.25, -0.2) is 0 Å². The highest BCUT2D eigenvalue weighted by Gasteiger charge is 2.23. The second-order valence-corrected chi connectivity index (χ2v) is 3.18. The second-order valence-electron chi connectivity index (χ2n) is 3.18. The van der Waals surface area contributed by atoms with E-state index in [2.05, 4.69) is 0 Å². The van der Waals surface area contributed by atoms with Gasteiger partial charge in [-0.3, -0.25) is 4.79 Å². The Bertz CT molecular complexity index is 303. The van der Waals surface area contributed by atoms with Gasteiger partial charge < -0.3 is 9.67 Å². The van der Waals surface area contributed by atoms with Crippen molar-refractivity contribution in [2.45, 2.75) is 18.9 Å². The Hall–Kier alpha value is -1.09. The Balaban J connectivity index is 2.37. The van der Waals surface area contributed by atoms with Gasteiger partial charge in [0.1, 0.15) is 0 Å². The summed E-state index contributed by atoms with van der Waals surface area (Å²) in [5, 5.41) is 9.01. The Kier molecular flexibility index (Phi) is 1.73. The third-order valence-corrected chi connectivity index (χ3v) is 2.32. The SMILES string of the molecule is O=C1CC(CO)c2cccn2C1. The number of aliphatic hydroxyl groups is 1. The molecule has 2 rings (SSSR count). The molecule has 1 N–H and O–H groups in total. The zero-order valence-corrected chi connectivity index (χ0v) is 6.73. The van der Waals surface area contributed by atoms with E-state index < -0.39 is 0 Å². The van der Waals surface area contributed by atoms with Gasteiger partial charge in [0.15, 0.2) is 5.78 Å². The molecule has 0 fully saturated rings. The second kappa shape index (κ2) is 2.75. The van der Waals surface area contributed by atoms with Gasteiger partial charge in [0.25, 0.3) is 0 Å². The van der Waals surface area contributed by atoms with Crippen molar-refractivity contribution in [3.05, 3.63) is 24.0 Å². The highest BCUT2D eigenvalue weighted by molar-refractivity contribution is 5.80. The zero-order valence-electron chi connectivity index (χ0n) is 6.73. The van der Waals surface area contributed by atoms with Gasteiger partial charge in [-0.15, -0.1) is 0 Å². The van der Waals surface area contributed by atoms with Crippen molar-refractivity contribution in [1.82, 2.24) is 4.57 Å². The number of nitrogens with zero attached hydrogens (tertiary/aromatic N) is 1. The van der Waals surface area contributed by atoms with Gasteiger partial charge >= 0.3 is 0 Å². The Morgan fingerprint density at radius 3 is 3.25 bits per heavy atom. The van der Waals surface area contributed by atoms with Crippen molar-refractivity contribution >= 4 is 5.78 Å². The molecule has 1 atom stereocenters. The third kappa shape index (κ3) is 1.06. The highest BCUT2D eigenvalue weighted by atomic mass is 16.3. The van der Waals surface area contributed by atoms with E-state index >= 15 is 0 Å². The Labute approximate surface area is 70.6 Å². The summed E-state index contributed by atoms with van der Waals surface area (Å²) in [7, 11) is 0. The summed E-state index contributed by atoms with van der Waals surface area (Å²) < 4.78 is 1.91. The van der Waals surface area contributed by atoms with Crippen molar-refractivity contribution in [2.24, 2.45) is 0 Å². The fraction of sp³-hybridized carbons (Fsp3) is 0.444. The van der Waals surface area contributed by atoms with Crippen LogP contribution in [-0.4, -0.2) is 22.1 Å². The molecule has 0 saturated carbocycles. The van der Waals surface area contributed by atoms with Crippen LogP contribution in [0.1, 0.15) is 18.0 Å². The van der Waals surface area contributed by atoms with E-state index in [0.717, 1.165) is 5.69 Å². The maximum Gasteiger partial charge on any atom is 0.153 e. The first-order valence-corrected chi connectivity index (χ1v) is 4.09. The summed E-state index contributed by atoms with van der Waals surface area (Å²) in [6.07, 6.45) is 2.37. The van der Waals surface area contributed by atoms with Crippen LogP contribution in [0.5, 0.6) is 0 Å². The zero-order chi connectivity index (χ0) is 8.55. The van der Waals surface area contributed by atoms with Crippen LogP contribution in [-0.2, 0) is 11.3 Å². The number of Topliss-reactive ketones (excluding diaryl/α,β-unsaturated/α-hetero) is 1. The van der Waals surface area contributed by atoms with Gasteiger partial charge in [-0.1, -0.05) is 0 Å². The molecule has 0 aromatic carbocycles. The van der Waals surface area contributed by atoms with Gasteiger partial charge in [0.2, 0.25) is 0 Å². The van der Waals surface area contributed by atoms with E-state index in [1.165, 1.54) is 0 Å². The number of hydrogen-bond donors (Lipinski definition) is 1. The first-order valence-electron chi connectivity index (χ1n) is 4.09. The van der Waals surface area contributed by atoms with Crippen molar-refractivity contribution in [3.8, 4) is 0 Å². The lowest BCUT2D eigenvalue weighted by Gasteiger charge is -2.21. The number of carbonyl (C=O) groups is 1. The molecule has 1 aliphatic heterocycles. The number of fused-ring (bicyclic) bond motifs is 1. The molecule has 12 heavy (non-hydrogen) atoms. The molecule has 0 amide bonds. The highest BCUT2D eigenvalue weighted by Crippen LogP contribution is 2.24. The van der Waals surface area contributed by atoms with Gasteiger partial charge in [-0.05, 0) is 12.1 Å². The van der Waals surface area contributed by atoms with E-state index in [0.29, 0.717) is 13.0 Å². The van der Waals surface area contributed by atoms with Crippen LogP contribution in [0, 0.1) is 0 Å². The quantitative estimate of drug-likeness (QED) is 0.659. The average molecular weight is 165 g/mol. The molecule has 3 nitrogen and oxygen atoms in total. The maximum atomic E-state index is 11.2. The van der Waals surface area contributed by atoms with Crippen LogP contribution < -0.4 is 0 Å². The predicted molar refractivity (Wildman–Crippen MR) is 43.9 cm³/mol. The Morgan fingerprint density at radius 1 is 1.67 bits per heavy atom. The molecule has 0 saturated heterocycles. The fourth-order valence-electron chi connectivity index (χ4n) is 1.73. The van der Waals surface area contributed by atoms with Crippen LogP contribution >= 0.6 is 0 Å². The molecule has 3 heteroatoms. The van der Waals surface area contributed by atoms with Crippen LogP contribution in [0.4, 0.5) is 0 Å². The molecule has 64 valence electrons. The summed E-state index contributed by atoms with van der Waals surface area (Å²) in [6, 6.07) is 3.88. The lowest BCUT2D eigenvalue weighted by molar-refractivity contribution is -0.121. The standard InChI is InChI=1S/C9H11NO2/c11-6-7-4-8(12)5-10-3-1-2-9(7)10/h1-3,7,11H,4-6H2. The minimum atomic E-state index is 0.0150. The first kappa shape index (κ1) is 7.55.